The zero-order valence-corrected chi connectivity index (χ0v) is 11.8. The van der Waals surface area contributed by atoms with Gasteiger partial charge in [0.2, 0.25) is 0 Å². The van der Waals surface area contributed by atoms with E-state index >= 15 is 0 Å². The molecule has 0 saturated carbocycles. The third-order valence-electron chi connectivity index (χ3n) is 2.81. The van der Waals surface area contributed by atoms with Gasteiger partial charge in [0.1, 0.15) is 0 Å². The van der Waals surface area contributed by atoms with Gasteiger partial charge in [-0.25, -0.2) is 14.4 Å². The molecule has 22 heavy (non-hydrogen) atoms. The highest BCUT2D eigenvalue weighted by molar-refractivity contribution is 7.99. The molecule has 0 radical (unpaired) electrons. The minimum absolute atomic E-state index is 0.00352. The van der Waals surface area contributed by atoms with Gasteiger partial charge in [0, 0.05) is 9.79 Å². The standard InChI is InChI=1S/C15H10O6S/c16-13(17)8-4-1-2-7-11(8)22-12-9(14(18)19)5-3-6-10(12)15(20)21/h1-7H,(H,16,17)(H,18,19)(H,20,21). The lowest BCUT2D eigenvalue weighted by molar-refractivity contribution is 0.0677. The van der Waals surface area contributed by atoms with Crippen LogP contribution in [0.15, 0.2) is 52.3 Å². The average molecular weight is 318 g/mol. The minimum Gasteiger partial charge on any atom is -0.478 e. The zero-order chi connectivity index (χ0) is 16.3. The van der Waals surface area contributed by atoms with Crippen molar-refractivity contribution in [2.45, 2.75) is 9.79 Å². The van der Waals surface area contributed by atoms with E-state index in [1.807, 2.05) is 0 Å². The summed E-state index contributed by atoms with van der Waals surface area (Å²) in [5.74, 6) is -3.73. The summed E-state index contributed by atoms with van der Waals surface area (Å²) in [5.41, 5.74) is -0.404. The molecule has 0 bridgehead atoms. The van der Waals surface area contributed by atoms with Crippen molar-refractivity contribution in [1.29, 1.82) is 0 Å². The first-order chi connectivity index (χ1) is 10.4. The summed E-state index contributed by atoms with van der Waals surface area (Å²) >= 11 is 0.810. The van der Waals surface area contributed by atoms with Gasteiger partial charge < -0.3 is 15.3 Å². The van der Waals surface area contributed by atoms with Crippen LogP contribution < -0.4 is 0 Å². The molecule has 0 spiro atoms. The third-order valence-corrected chi connectivity index (χ3v) is 4.03. The van der Waals surface area contributed by atoms with Gasteiger partial charge in [-0.3, -0.25) is 0 Å². The Labute approximate surface area is 129 Å². The van der Waals surface area contributed by atoms with E-state index in [0.29, 0.717) is 0 Å². The van der Waals surface area contributed by atoms with E-state index in [9.17, 15) is 24.6 Å². The van der Waals surface area contributed by atoms with Gasteiger partial charge >= 0.3 is 17.9 Å². The van der Waals surface area contributed by atoms with Crippen molar-refractivity contribution in [1.82, 2.24) is 0 Å². The largest absolute Gasteiger partial charge is 0.478 e. The lowest BCUT2D eigenvalue weighted by Gasteiger charge is -2.11. The highest BCUT2D eigenvalue weighted by Gasteiger charge is 2.21. The number of carboxylic acid groups (broad SMARTS) is 3. The van der Waals surface area contributed by atoms with Crippen LogP contribution in [0.3, 0.4) is 0 Å². The number of carbonyl (C=O) groups is 3. The molecule has 2 aromatic rings. The second-order valence-corrected chi connectivity index (χ2v) is 5.25. The van der Waals surface area contributed by atoms with Gasteiger partial charge in [-0.1, -0.05) is 30.0 Å². The van der Waals surface area contributed by atoms with E-state index in [-0.39, 0.29) is 26.5 Å². The molecule has 0 aliphatic heterocycles. The highest BCUT2D eigenvalue weighted by atomic mass is 32.2. The van der Waals surface area contributed by atoms with Crippen molar-refractivity contribution in [3.8, 4) is 0 Å². The maximum absolute atomic E-state index is 11.3. The molecule has 0 unspecified atom stereocenters. The Morgan fingerprint density at radius 3 is 1.64 bits per heavy atom. The fraction of sp³-hybridized carbons (Fsp3) is 0. The monoisotopic (exact) mass is 318 g/mol. The number of aromatic carboxylic acids is 3. The fourth-order valence-corrected chi connectivity index (χ4v) is 2.99. The van der Waals surface area contributed by atoms with Gasteiger partial charge in [0.05, 0.1) is 16.7 Å². The summed E-state index contributed by atoms with van der Waals surface area (Å²) in [6, 6.07) is 9.89. The summed E-state index contributed by atoms with van der Waals surface area (Å²) in [4.78, 5) is 34.0. The number of hydrogen-bond acceptors (Lipinski definition) is 4. The molecule has 0 amide bonds. The Morgan fingerprint density at radius 1 is 0.682 bits per heavy atom. The second kappa shape index (κ2) is 6.31. The van der Waals surface area contributed by atoms with E-state index in [0.717, 1.165) is 11.8 Å². The van der Waals surface area contributed by atoms with Gasteiger partial charge in [-0.15, -0.1) is 0 Å². The van der Waals surface area contributed by atoms with Crippen LogP contribution in [-0.2, 0) is 0 Å². The number of rotatable bonds is 5. The van der Waals surface area contributed by atoms with Crippen LogP contribution in [0.1, 0.15) is 31.1 Å². The molecule has 0 aromatic heterocycles. The van der Waals surface area contributed by atoms with Crippen molar-refractivity contribution < 1.29 is 29.7 Å². The first kappa shape index (κ1) is 15.6. The third kappa shape index (κ3) is 3.09. The van der Waals surface area contributed by atoms with Gasteiger partial charge in [0.15, 0.2) is 0 Å². The Kier molecular flexibility index (Phi) is 4.47. The SMILES string of the molecule is O=C(O)c1ccccc1Sc1c(C(=O)O)cccc1C(=O)O. The Balaban J connectivity index is 2.61. The summed E-state index contributed by atoms with van der Waals surface area (Å²) in [5, 5.41) is 27.6. The quantitative estimate of drug-likeness (QED) is 0.777. The van der Waals surface area contributed by atoms with E-state index in [1.54, 1.807) is 6.07 Å². The second-order valence-electron chi connectivity index (χ2n) is 4.20. The molecule has 7 heteroatoms. The van der Waals surface area contributed by atoms with Crippen molar-refractivity contribution in [2.24, 2.45) is 0 Å². The first-order valence-corrected chi connectivity index (χ1v) is 6.83. The molecular formula is C15H10O6S. The zero-order valence-electron chi connectivity index (χ0n) is 11.0. The Hall–Kier alpha value is -2.80. The number of carboxylic acids is 3. The van der Waals surface area contributed by atoms with Crippen LogP contribution in [0.2, 0.25) is 0 Å². The summed E-state index contributed by atoms with van der Waals surface area (Å²) < 4.78 is 0. The minimum atomic E-state index is -1.28. The molecule has 2 rings (SSSR count). The lowest BCUT2D eigenvalue weighted by atomic mass is 10.1. The molecule has 0 saturated heterocycles. The molecule has 0 aliphatic carbocycles. The highest BCUT2D eigenvalue weighted by Crippen LogP contribution is 2.35. The molecule has 0 aliphatic rings. The fourth-order valence-electron chi connectivity index (χ4n) is 1.83. The predicted molar refractivity (Wildman–Crippen MR) is 77.9 cm³/mol. The van der Waals surface area contributed by atoms with Crippen LogP contribution in [0.5, 0.6) is 0 Å². The van der Waals surface area contributed by atoms with Crippen LogP contribution in [0, 0.1) is 0 Å². The summed E-state index contributed by atoms with van der Waals surface area (Å²) in [6.45, 7) is 0. The molecule has 2 aromatic carbocycles. The predicted octanol–water partition coefficient (Wildman–Crippen LogP) is 2.93. The maximum atomic E-state index is 11.3. The van der Waals surface area contributed by atoms with Gasteiger partial charge in [0.25, 0.3) is 0 Å². The smallest absolute Gasteiger partial charge is 0.336 e. The van der Waals surface area contributed by atoms with Crippen molar-refractivity contribution >= 4 is 29.7 Å². The Bertz CT molecular complexity index is 736. The van der Waals surface area contributed by atoms with E-state index in [2.05, 4.69) is 0 Å². The molecule has 112 valence electrons. The lowest BCUT2D eigenvalue weighted by Crippen LogP contribution is -2.07. The van der Waals surface area contributed by atoms with Crippen LogP contribution in [0.25, 0.3) is 0 Å². The van der Waals surface area contributed by atoms with Crippen molar-refractivity contribution in [3.05, 3.63) is 59.2 Å². The number of benzene rings is 2. The average Bonchev–Trinajstić information content (AvgIpc) is 2.47. The van der Waals surface area contributed by atoms with Crippen molar-refractivity contribution in [3.63, 3.8) is 0 Å². The molecule has 0 heterocycles. The van der Waals surface area contributed by atoms with Gasteiger partial charge in [-0.05, 0) is 24.3 Å². The van der Waals surface area contributed by atoms with Crippen molar-refractivity contribution in [2.75, 3.05) is 0 Å². The molecule has 3 N–H and O–H groups in total. The summed E-state index contributed by atoms with van der Waals surface area (Å²) in [6.07, 6.45) is 0. The first-order valence-electron chi connectivity index (χ1n) is 6.01. The molecular weight excluding hydrogens is 308 g/mol. The maximum Gasteiger partial charge on any atom is 0.336 e. The summed E-state index contributed by atoms with van der Waals surface area (Å²) in [7, 11) is 0. The van der Waals surface area contributed by atoms with E-state index < -0.39 is 17.9 Å². The normalized spacial score (nSPS) is 10.2. The molecule has 0 fully saturated rings. The molecule has 0 atom stereocenters. The van der Waals surface area contributed by atoms with E-state index in [4.69, 9.17) is 5.11 Å². The van der Waals surface area contributed by atoms with E-state index in [1.165, 1.54) is 36.4 Å². The van der Waals surface area contributed by atoms with Crippen LogP contribution in [0.4, 0.5) is 0 Å². The van der Waals surface area contributed by atoms with Gasteiger partial charge in [-0.2, -0.15) is 0 Å². The van der Waals surface area contributed by atoms with Crippen LogP contribution in [-0.4, -0.2) is 33.2 Å². The molecule has 6 nitrogen and oxygen atoms in total. The van der Waals surface area contributed by atoms with Crippen LogP contribution >= 0.6 is 11.8 Å². The Morgan fingerprint density at radius 2 is 1.14 bits per heavy atom. The topological polar surface area (TPSA) is 112 Å². The number of hydrogen-bond donors (Lipinski definition) is 3.